The Kier molecular flexibility index (Phi) is 3.05. The van der Waals surface area contributed by atoms with Crippen LogP contribution >= 0.6 is 0 Å². The summed E-state index contributed by atoms with van der Waals surface area (Å²) in [5.41, 5.74) is 7.00. The zero-order valence-corrected chi connectivity index (χ0v) is 7.54. The van der Waals surface area contributed by atoms with Crippen LogP contribution in [0.2, 0.25) is 0 Å². The number of rotatable bonds is 3. The van der Waals surface area contributed by atoms with Crippen LogP contribution in [0.1, 0.15) is 24.9 Å². The van der Waals surface area contributed by atoms with Crippen LogP contribution in [0.5, 0.6) is 0 Å². The van der Waals surface area contributed by atoms with Gasteiger partial charge in [0, 0.05) is 19.3 Å². The van der Waals surface area contributed by atoms with Crippen molar-refractivity contribution in [2.75, 3.05) is 12.4 Å². The molecule has 3 nitrogen and oxygen atoms in total. The molecule has 12 heavy (non-hydrogen) atoms. The number of pyridine rings is 1. The Morgan fingerprint density at radius 2 is 2.42 bits per heavy atom. The lowest BCUT2D eigenvalue weighted by molar-refractivity contribution is 0.698. The molecule has 1 heterocycles. The van der Waals surface area contributed by atoms with Gasteiger partial charge in [-0.1, -0.05) is 6.92 Å². The predicted octanol–water partition coefficient (Wildman–Crippen LogP) is 1.53. The maximum atomic E-state index is 5.86. The van der Waals surface area contributed by atoms with Crippen LogP contribution in [-0.2, 0) is 0 Å². The molecule has 1 atom stereocenters. The lowest BCUT2D eigenvalue weighted by Crippen LogP contribution is -2.09. The van der Waals surface area contributed by atoms with E-state index >= 15 is 0 Å². The molecule has 0 fully saturated rings. The van der Waals surface area contributed by atoms with Crippen molar-refractivity contribution in [3.63, 3.8) is 0 Å². The highest BCUT2D eigenvalue weighted by Gasteiger charge is 2.02. The van der Waals surface area contributed by atoms with E-state index in [4.69, 9.17) is 5.73 Å². The molecule has 0 spiro atoms. The highest BCUT2D eigenvalue weighted by molar-refractivity contribution is 5.37. The van der Waals surface area contributed by atoms with Gasteiger partial charge in [-0.3, -0.25) is 0 Å². The van der Waals surface area contributed by atoms with Crippen molar-refractivity contribution in [1.29, 1.82) is 0 Å². The Labute approximate surface area is 73.0 Å². The molecular formula is C9H15N3. The lowest BCUT2D eigenvalue weighted by Gasteiger charge is -2.09. The molecule has 0 aromatic carbocycles. The summed E-state index contributed by atoms with van der Waals surface area (Å²) in [6, 6.07) is 4.06. The molecular weight excluding hydrogens is 150 g/mol. The fourth-order valence-electron chi connectivity index (χ4n) is 1.05. The number of anilines is 1. The molecule has 0 amide bonds. The number of nitrogens with one attached hydrogen (secondary N) is 1. The first kappa shape index (κ1) is 9.00. The van der Waals surface area contributed by atoms with E-state index in [9.17, 15) is 0 Å². The van der Waals surface area contributed by atoms with Crippen LogP contribution < -0.4 is 11.1 Å². The number of aromatic nitrogens is 1. The van der Waals surface area contributed by atoms with Crippen molar-refractivity contribution in [3.05, 3.63) is 23.9 Å². The summed E-state index contributed by atoms with van der Waals surface area (Å²) >= 11 is 0. The van der Waals surface area contributed by atoms with Crippen molar-refractivity contribution in [2.45, 2.75) is 19.4 Å². The summed E-state index contributed by atoms with van der Waals surface area (Å²) in [5, 5.41) is 2.98. The second-order valence-electron chi connectivity index (χ2n) is 2.74. The first-order chi connectivity index (χ1) is 5.77. The molecule has 3 N–H and O–H groups in total. The van der Waals surface area contributed by atoms with Gasteiger partial charge in [0.2, 0.25) is 0 Å². The molecule has 0 aliphatic carbocycles. The van der Waals surface area contributed by atoms with Gasteiger partial charge in [-0.15, -0.1) is 0 Å². The van der Waals surface area contributed by atoms with Gasteiger partial charge in [-0.2, -0.15) is 0 Å². The minimum Gasteiger partial charge on any atom is -0.373 e. The number of nitrogens with two attached hydrogens (primary N) is 1. The van der Waals surface area contributed by atoms with Gasteiger partial charge in [-0.25, -0.2) is 4.98 Å². The zero-order chi connectivity index (χ0) is 8.97. The summed E-state index contributed by atoms with van der Waals surface area (Å²) < 4.78 is 0. The topological polar surface area (TPSA) is 50.9 Å². The second kappa shape index (κ2) is 4.07. The summed E-state index contributed by atoms with van der Waals surface area (Å²) in [6.07, 6.45) is 2.73. The van der Waals surface area contributed by atoms with Gasteiger partial charge < -0.3 is 11.1 Å². The fourth-order valence-corrected chi connectivity index (χ4v) is 1.05. The van der Waals surface area contributed by atoms with E-state index in [0.29, 0.717) is 0 Å². The van der Waals surface area contributed by atoms with Crippen molar-refractivity contribution in [1.82, 2.24) is 4.98 Å². The van der Waals surface area contributed by atoms with Crippen molar-refractivity contribution < 1.29 is 0 Å². The summed E-state index contributed by atoms with van der Waals surface area (Å²) in [7, 11) is 1.85. The first-order valence-electron chi connectivity index (χ1n) is 4.17. The Morgan fingerprint density at radius 1 is 1.67 bits per heavy atom. The van der Waals surface area contributed by atoms with Crippen LogP contribution in [-0.4, -0.2) is 12.0 Å². The van der Waals surface area contributed by atoms with Crippen LogP contribution in [0.4, 0.5) is 5.82 Å². The van der Waals surface area contributed by atoms with Crippen LogP contribution in [0.15, 0.2) is 18.3 Å². The minimum absolute atomic E-state index is 0.125. The molecule has 0 radical (unpaired) electrons. The van der Waals surface area contributed by atoms with Crippen molar-refractivity contribution >= 4 is 5.82 Å². The smallest absolute Gasteiger partial charge is 0.125 e. The fraction of sp³-hybridized carbons (Fsp3) is 0.444. The lowest BCUT2D eigenvalue weighted by atomic mass is 10.1. The third-order valence-electron chi connectivity index (χ3n) is 1.91. The minimum atomic E-state index is 0.125. The average Bonchev–Trinajstić information content (AvgIpc) is 2.17. The van der Waals surface area contributed by atoms with Crippen LogP contribution in [0.25, 0.3) is 0 Å². The third kappa shape index (κ3) is 1.95. The molecule has 0 saturated carbocycles. The van der Waals surface area contributed by atoms with Crippen molar-refractivity contribution in [3.8, 4) is 0 Å². The van der Waals surface area contributed by atoms with Gasteiger partial charge in [-0.05, 0) is 24.1 Å². The summed E-state index contributed by atoms with van der Waals surface area (Å²) in [6.45, 7) is 2.07. The molecule has 0 bridgehead atoms. The van der Waals surface area contributed by atoms with Crippen LogP contribution in [0.3, 0.4) is 0 Å². The molecule has 1 rings (SSSR count). The monoisotopic (exact) mass is 165 g/mol. The molecule has 0 aliphatic rings. The first-order valence-corrected chi connectivity index (χ1v) is 4.17. The number of nitrogens with zero attached hydrogens (tertiary/aromatic N) is 1. The van der Waals surface area contributed by atoms with E-state index in [1.54, 1.807) is 6.20 Å². The van der Waals surface area contributed by atoms with Crippen molar-refractivity contribution in [2.24, 2.45) is 5.73 Å². The molecule has 1 aromatic heterocycles. The van der Waals surface area contributed by atoms with E-state index in [1.165, 1.54) is 0 Å². The standard InChI is InChI=1S/C9H15N3/c1-3-8(10)7-4-5-12-9(6-7)11-2/h4-6,8H,3,10H2,1-2H3,(H,11,12)/t8-/m0/s1. The van der Waals surface area contributed by atoms with E-state index in [1.807, 2.05) is 19.2 Å². The number of hydrogen-bond donors (Lipinski definition) is 2. The molecule has 66 valence electrons. The highest BCUT2D eigenvalue weighted by atomic mass is 14.9. The Bertz CT molecular complexity index is 247. The van der Waals surface area contributed by atoms with Gasteiger partial charge >= 0.3 is 0 Å². The normalized spacial score (nSPS) is 12.6. The van der Waals surface area contributed by atoms with E-state index in [0.717, 1.165) is 17.8 Å². The largest absolute Gasteiger partial charge is 0.373 e. The van der Waals surface area contributed by atoms with E-state index in [-0.39, 0.29) is 6.04 Å². The predicted molar refractivity (Wildman–Crippen MR) is 51.0 cm³/mol. The zero-order valence-electron chi connectivity index (χ0n) is 7.54. The summed E-state index contributed by atoms with van der Waals surface area (Å²) in [4.78, 5) is 4.11. The third-order valence-corrected chi connectivity index (χ3v) is 1.91. The molecule has 0 aliphatic heterocycles. The second-order valence-corrected chi connectivity index (χ2v) is 2.74. The van der Waals surface area contributed by atoms with Gasteiger partial charge in [0.05, 0.1) is 0 Å². The van der Waals surface area contributed by atoms with E-state index in [2.05, 4.69) is 17.2 Å². The SMILES string of the molecule is CC[C@H](N)c1ccnc(NC)c1. The quantitative estimate of drug-likeness (QED) is 0.714. The van der Waals surface area contributed by atoms with Gasteiger partial charge in [0.25, 0.3) is 0 Å². The average molecular weight is 165 g/mol. The maximum absolute atomic E-state index is 5.86. The molecule has 0 saturated heterocycles. The Hall–Kier alpha value is -1.09. The Balaban J connectivity index is 2.86. The highest BCUT2D eigenvalue weighted by Crippen LogP contribution is 2.15. The van der Waals surface area contributed by atoms with Gasteiger partial charge in [0.1, 0.15) is 5.82 Å². The van der Waals surface area contributed by atoms with E-state index < -0.39 is 0 Å². The van der Waals surface area contributed by atoms with Gasteiger partial charge in [0.15, 0.2) is 0 Å². The number of hydrogen-bond acceptors (Lipinski definition) is 3. The molecule has 1 aromatic rings. The van der Waals surface area contributed by atoms with Crippen LogP contribution in [0, 0.1) is 0 Å². The maximum Gasteiger partial charge on any atom is 0.125 e. The Morgan fingerprint density at radius 3 is 3.00 bits per heavy atom. The summed E-state index contributed by atoms with van der Waals surface area (Å²) in [5.74, 6) is 0.872. The molecule has 0 unspecified atom stereocenters. The molecule has 3 heteroatoms.